The van der Waals surface area contributed by atoms with Crippen molar-refractivity contribution in [1.29, 1.82) is 0 Å². The van der Waals surface area contributed by atoms with E-state index in [1.165, 1.54) is 16.5 Å². The van der Waals surface area contributed by atoms with E-state index in [-0.39, 0.29) is 11.8 Å². The molecule has 0 spiro atoms. The summed E-state index contributed by atoms with van der Waals surface area (Å²) < 4.78 is 0. The Labute approximate surface area is 173 Å². The first-order valence-corrected chi connectivity index (χ1v) is 10.3. The van der Waals surface area contributed by atoms with Gasteiger partial charge >= 0.3 is 0 Å². The zero-order chi connectivity index (χ0) is 20.2. The van der Waals surface area contributed by atoms with Crippen molar-refractivity contribution in [1.82, 2.24) is 0 Å². The largest absolute Gasteiger partial charge is 0.367 e. The summed E-state index contributed by atoms with van der Waals surface area (Å²) in [5, 5.41) is 7.72. The van der Waals surface area contributed by atoms with Gasteiger partial charge in [-0.25, -0.2) is 0 Å². The van der Waals surface area contributed by atoms with E-state index in [4.69, 9.17) is 0 Å². The van der Waals surface area contributed by atoms with Crippen LogP contribution in [-0.4, -0.2) is 18.4 Å². The molecule has 2 heterocycles. The van der Waals surface area contributed by atoms with Crippen molar-refractivity contribution in [3.05, 3.63) is 88.6 Å². The lowest BCUT2D eigenvalue weighted by Gasteiger charge is -2.29. The molecule has 4 rings (SSSR count). The molecule has 2 amide bonds. The summed E-state index contributed by atoms with van der Waals surface area (Å²) in [5.74, 6) is -0.543. The third-order valence-corrected chi connectivity index (χ3v) is 5.90. The number of nitrogens with one attached hydrogen (secondary N) is 2. The highest BCUT2D eigenvalue weighted by Crippen LogP contribution is 2.28. The van der Waals surface area contributed by atoms with E-state index in [2.05, 4.69) is 33.6 Å². The smallest absolute Gasteiger partial charge is 0.255 e. The molecule has 0 bridgehead atoms. The van der Waals surface area contributed by atoms with Gasteiger partial charge in [0.25, 0.3) is 5.91 Å². The minimum absolute atomic E-state index is 0.228. The second-order valence-corrected chi connectivity index (χ2v) is 7.82. The van der Waals surface area contributed by atoms with E-state index >= 15 is 0 Å². The molecular weight excluding hydrogens is 382 g/mol. The molecule has 1 aromatic heterocycles. The molecule has 0 aliphatic carbocycles. The van der Waals surface area contributed by atoms with Crippen LogP contribution in [0, 0.1) is 0 Å². The van der Waals surface area contributed by atoms with Crippen molar-refractivity contribution in [3.63, 3.8) is 0 Å². The summed E-state index contributed by atoms with van der Waals surface area (Å²) in [6.07, 6.45) is 2.26. The Morgan fingerprint density at radius 2 is 1.86 bits per heavy atom. The highest BCUT2D eigenvalue weighted by Gasteiger charge is 2.17. The van der Waals surface area contributed by atoms with Gasteiger partial charge in [0.15, 0.2) is 0 Å². The minimum Gasteiger partial charge on any atom is -0.367 e. The van der Waals surface area contributed by atoms with Crippen molar-refractivity contribution in [2.45, 2.75) is 13.0 Å². The third-order valence-electron chi connectivity index (χ3n) is 4.88. The molecular formula is C23H21N3O2S. The number of rotatable bonds is 5. The molecule has 3 aromatic rings. The summed E-state index contributed by atoms with van der Waals surface area (Å²) in [6.45, 7) is 5.35. The second-order valence-electron chi connectivity index (χ2n) is 6.82. The van der Waals surface area contributed by atoms with E-state index in [0.29, 0.717) is 11.3 Å². The normalized spacial score (nSPS) is 12.8. The average molecular weight is 404 g/mol. The minimum atomic E-state index is -0.314. The van der Waals surface area contributed by atoms with Crippen LogP contribution in [0.5, 0.6) is 0 Å². The van der Waals surface area contributed by atoms with E-state index in [1.807, 2.05) is 35.6 Å². The molecule has 0 unspecified atom stereocenters. The van der Waals surface area contributed by atoms with E-state index in [9.17, 15) is 9.59 Å². The molecule has 6 heteroatoms. The van der Waals surface area contributed by atoms with Crippen molar-refractivity contribution >= 4 is 40.2 Å². The lowest BCUT2D eigenvalue weighted by molar-refractivity contribution is -0.111. The van der Waals surface area contributed by atoms with Crippen LogP contribution in [0.2, 0.25) is 0 Å². The van der Waals surface area contributed by atoms with Crippen LogP contribution in [0.4, 0.5) is 17.1 Å². The van der Waals surface area contributed by atoms with E-state index < -0.39 is 0 Å². The van der Waals surface area contributed by atoms with Gasteiger partial charge in [0.05, 0.1) is 0 Å². The monoisotopic (exact) mass is 403 g/mol. The number of anilines is 3. The van der Waals surface area contributed by atoms with Gasteiger partial charge < -0.3 is 15.5 Å². The highest BCUT2D eigenvalue weighted by molar-refractivity contribution is 7.10. The maximum absolute atomic E-state index is 12.6. The van der Waals surface area contributed by atoms with Crippen molar-refractivity contribution < 1.29 is 9.59 Å². The van der Waals surface area contributed by atoms with Gasteiger partial charge in [-0.05, 0) is 72.0 Å². The molecule has 146 valence electrons. The molecule has 2 aromatic carbocycles. The Morgan fingerprint density at radius 3 is 2.66 bits per heavy atom. The van der Waals surface area contributed by atoms with Gasteiger partial charge in [-0.3, -0.25) is 9.59 Å². The molecule has 1 aliphatic heterocycles. The number of thiophene rings is 1. The number of carbonyl (C=O) groups is 2. The predicted octanol–water partition coefficient (Wildman–Crippen LogP) is 4.69. The summed E-state index contributed by atoms with van der Waals surface area (Å²) in [7, 11) is 0. The summed E-state index contributed by atoms with van der Waals surface area (Å²) in [5.41, 5.74) is 4.30. The maximum Gasteiger partial charge on any atom is 0.255 e. The quantitative estimate of drug-likeness (QED) is 0.608. The molecule has 0 atom stereocenters. The maximum atomic E-state index is 12.6. The standard InChI is InChI=1S/C23H21N3O2S/c1-2-22(27)24-19-5-3-4-16(14-19)23(28)25-18-6-8-20(9-7-18)26-12-10-21-17(15-26)11-13-29-21/h2-9,11,13-14H,1,10,12,15H2,(H,24,27)(H,25,28). The molecule has 0 saturated carbocycles. The van der Waals surface area contributed by atoms with Gasteiger partial charge in [-0.2, -0.15) is 0 Å². The Bertz CT molecular complexity index is 1060. The fourth-order valence-electron chi connectivity index (χ4n) is 3.36. The Kier molecular flexibility index (Phi) is 5.44. The van der Waals surface area contributed by atoms with Crippen molar-refractivity contribution in [3.8, 4) is 0 Å². The van der Waals surface area contributed by atoms with Crippen LogP contribution in [0.1, 0.15) is 20.8 Å². The van der Waals surface area contributed by atoms with Crippen LogP contribution in [0.3, 0.4) is 0 Å². The fourth-order valence-corrected chi connectivity index (χ4v) is 4.25. The van der Waals surface area contributed by atoms with Gasteiger partial charge in [0.2, 0.25) is 5.91 Å². The second kappa shape index (κ2) is 8.32. The zero-order valence-electron chi connectivity index (χ0n) is 15.9. The molecule has 0 fully saturated rings. The molecule has 0 saturated heterocycles. The number of nitrogens with zero attached hydrogens (tertiary/aromatic N) is 1. The van der Waals surface area contributed by atoms with Crippen LogP contribution >= 0.6 is 11.3 Å². The predicted molar refractivity (Wildman–Crippen MR) is 119 cm³/mol. The SMILES string of the molecule is C=CC(=O)Nc1cccc(C(=O)Nc2ccc(N3CCc4sccc4C3)cc2)c1. The number of carbonyl (C=O) groups excluding carboxylic acids is 2. The Hall–Kier alpha value is -3.38. The molecule has 5 nitrogen and oxygen atoms in total. The first-order valence-electron chi connectivity index (χ1n) is 9.37. The molecule has 2 N–H and O–H groups in total. The van der Waals surface area contributed by atoms with Crippen LogP contribution in [-0.2, 0) is 17.8 Å². The number of hydrogen-bond acceptors (Lipinski definition) is 4. The van der Waals surface area contributed by atoms with Gasteiger partial charge in [0, 0.05) is 40.6 Å². The number of benzene rings is 2. The van der Waals surface area contributed by atoms with Crippen LogP contribution in [0.25, 0.3) is 0 Å². The first-order chi connectivity index (χ1) is 14.1. The summed E-state index contributed by atoms with van der Waals surface area (Å²) >= 11 is 1.83. The van der Waals surface area contributed by atoms with Crippen LogP contribution < -0.4 is 15.5 Å². The lowest BCUT2D eigenvalue weighted by Crippen LogP contribution is -2.29. The van der Waals surface area contributed by atoms with Gasteiger partial charge in [-0.15, -0.1) is 11.3 Å². The van der Waals surface area contributed by atoms with E-state index in [1.54, 1.807) is 24.3 Å². The van der Waals surface area contributed by atoms with E-state index in [0.717, 1.165) is 30.9 Å². The fraction of sp³-hybridized carbons (Fsp3) is 0.130. The Morgan fingerprint density at radius 1 is 1.03 bits per heavy atom. The molecule has 1 aliphatic rings. The number of hydrogen-bond donors (Lipinski definition) is 2. The molecule has 0 radical (unpaired) electrons. The lowest BCUT2D eigenvalue weighted by atomic mass is 10.1. The highest BCUT2D eigenvalue weighted by atomic mass is 32.1. The molecule has 29 heavy (non-hydrogen) atoms. The summed E-state index contributed by atoms with van der Waals surface area (Å²) in [4.78, 5) is 27.8. The van der Waals surface area contributed by atoms with Crippen LogP contribution in [0.15, 0.2) is 72.6 Å². The third kappa shape index (κ3) is 4.38. The number of fused-ring (bicyclic) bond motifs is 1. The van der Waals surface area contributed by atoms with Crippen molar-refractivity contribution in [2.75, 3.05) is 22.1 Å². The van der Waals surface area contributed by atoms with Gasteiger partial charge in [0.1, 0.15) is 0 Å². The average Bonchev–Trinajstić information content (AvgIpc) is 3.22. The topological polar surface area (TPSA) is 61.4 Å². The first kappa shape index (κ1) is 19.0. The summed E-state index contributed by atoms with van der Waals surface area (Å²) in [6, 6.07) is 16.9. The van der Waals surface area contributed by atoms with Gasteiger partial charge in [-0.1, -0.05) is 12.6 Å². The Balaban J connectivity index is 1.41. The van der Waals surface area contributed by atoms with Crippen molar-refractivity contribution in [2.24, 2.45) is 0 Å². The number of amides is 2. The zero-order valence-corrected chi connectivity index (χ0v) is 16.7.